The Morgan fingerprint density at radius 2 is 1.95 bits per heavy atom. The summed E-state index contributed by atoms with van der Waals surface area (Å²) >= 11 is 1.26. The van der Waals surface area contributed by atoms with Crippen LogP contribution < -0.4 is 0 Å². The number of fused-ring (bicyclic) bond motifs is 1. The van der Waals surface area contributed by atoms with Crippen LogP contribution in [0.3, 0.4) is 0 Å². The summed E-state index contributed by atoms with van der Waals surface area (Å²) in [4.78, 5) is 13.4. The molecule has 1 amide bonds. The molecule has 0 atom stereocenters. The van der Waals surface area contributed by atoms with Crippen LogP contribution in [0.25, 0.3) is 0 Å². The Labute approximate surface area is 130 Å². The summed E-state index contributed by atoms with van der Waals surface area (Å²) in [6.07, 6.45) is -5.16. The van der Waals surface area contributed by atoms with Crippen molar-refractivity contribution >= 4 is 17.9 Å². The van der Waals surface area contributed by atoms with Crippen LogP contribution in [-0.4, -0.2) is 38.7 Å². The van der Waals surface area contributed by atoms with Gasteiger partial charge < -0.3 is 9.64 Å². The maximum atomic E-state index is 13.1. The second kappa shape index (κ2) is 5.68. The Morgan fingerprint density at radius 3 is 2.50 bits per heavy atom. The van der Waals surface area contributed by atoms with Crippen molar-refractivity contribution in [2.24, 2.45) is 7.05 Å². The van der Waals surface area contributed by atoms with Gasteiger partial charge in [0.05, 0.1) is 11.6 Å². The molecular formula is C13H18F3N3O2S. The first kappa shape index (κ1) is 17.0. The maximum absolute atomic E-state index is 13.1. The summed E-state index contributed by atoms with van der Waals surface area (Å²) in [7, 11) is 1.48. The van der Waals surface area contributed by atoms with E-state index in [1.54, 1.807) is 20.8 Å². The predicted octanol–water partition coefficient (Wildman–Crippen LogP) is 3.28. The highest BCUT2D eigenvalue weighted by molar-refractivity contribution is 7.99. The van der Waals surface area contributed by atoms with E-state index in [9.17, 15) is 18.0 Å². The zero-order chi connectivity index (χ0) is 16.7. The molecule has 1 aromatic rings. The monoisotopic (exact) mass is 337 g/mol. The standard InChI is InChI=1S/C13H18F3N3O2S/c1-12(2,3)21-11(20)19-5-6-22-10-8(7-19)9(13(14,15)16)17-18(10)4/h5-7H2,1-4H3. The third-order valence-corrected chi connectivity index (χ3v) is 4.13. The number of hydrogen-bond donors (Lipinski definition) is 0. The molecule has 1 aromatic heterocycles. The van der Waals surface area contributed by atoms with Gasteiger partial charge in [-0.1, -0.05) is 0 Å². The van der Waals surface area contributed by atoms with Crippen molar-refractivity contribution in [1.82, 2.24) is 14.7 Å². The number of nitrogens with zero attached hydrogens (tertiary/aromatic N) is 3. The van der Waals surface area contributed by atoms with Gasteiger partial charge in [0.15, 0.2) is 5.69 Å². The normalized spacial score (nSPS) is 16.2. The number of aryl methyl sites for hydroxylation is 1. The van der Waals surface area contributed by atoms with Crippen molar-refractivity contribution < 1.29 is 22.7 Å². The summed E-state index contributed by atoms with van der Waals surface area (Å²) in [5, 5.41) is 4.01. The average molecular weight is 337 g/mol. The third-order valence-electron chi connectivity index (χ3n) is 2.96. The highest BCUT2D eigenvalue weighted by Gasteiger charge is 2.40. The largest absolute Gasteiger partial charge is 0.444 e. The molecule has 22 heavy (non-hydrogen) atoms. The first-order valence-electron chi connectivity index (χ1n) is 6.73. The Hall–Kier alpha value is -1.38. The molecule has 0 aromatic carbocycles. The lowest BCUT2D eigenvalue weighted by molar-refractivity contribution is -0.142. The van der Waals surface area contributed by atoms with Crippen molar-refractivity contribution in [2.75, 3.05) is 12.3 Å². The van der Waals surface area contributed by atoms with Gasteiger partial charge in [-0.25, -0.2) is 4.79 Å². The van der Waals surface area contributed by atoms with Gasteiger partial charge in [-0.15, -0.1) is 11.8 Å². The molecule has 9 heteroatoms. The van der Waals surface area contributed by atoms with Gasteiger partial charge in [-0.3, -0.25) is 4.68 Å². The second-order valence-corrected chi connectivity index (χ2v) is 7.09. The number of alkyl halides is 3. The fourth-order valence-electron chi connectivity index (χ4n) is 2.11. The first-order valence-corrected chi connectivity index (χ1v) is 7.71. The van der Waals surface area contributed by atoms with E-state index in [1.807, 2.05) is 0 Å². The summed E-state index contributed by atoms with van der Waals surface area (Å²) in [5.41, 5.74) is -1.60. The average Bonchev–Trinajstić information content (AvgIpc) is 2.54. The van der Waals surface area contributed by atoms with Crippen molar-refractivity contribution in [3.8, 4) is 0 Å². The van der Waals surface area contributed by atoms with E-state index in [1.165, 1.54) is 28.4 Å². The number of thioether (sulfide) groups is 1. The minimum atomic E-state index is -4.55. The lowest BCUT2D eigenvalue weighted by Gasteiger charge is -2.26. The van der Waals surface area contributed by atoms with Gasteiger partial charge in [0.25, 0.3) is 0 Å². The number of hydrogen-bond acceptors (Lipinski definition) is 4. The molecule has 2 rings (SSSR count). The second-order valence-electron chi connectivity index (χ2n) is 6.00. The van der Waals surface area contributed by atoms with E-state index in [0.29, 0.717) is 17.3 Å². The zero-order valence-electron chi connectivity index (χ0n) is 12.8. The van der Waals surface area contributed by atoms with Crippen LogP contribution in [0.2, 0.25) is 0 Å². The molecule has 1 aliphatic heterocycles. The van der Waals surface area contributed by atoms with Gasteiger partial charge in [-0.05, 0) is 20.8 Å². The molecule has 0 unspecified atom stereocenters. The molecule has 1 aliphatic rings. The van der Waals surface area contributed by atoms with E-state index in [4.69, 9.17) is 4.74 Å². The SMILES string of the molecule is Cn1nc(C(F)(F)F)c2c1SCCN(C(=O)OC(C)(C)C)C2. The minimum absolute atomic E-state index is 0.0309. The molecule has 0 N–H and O–H groups in total. The van der Waals surface area contributed by atoms with Crippen LogP contribution in [-0.2, 0) is 24.5 Å². The number of aromatic nitrogens is 2. The summed E-state index contributed by atoms with van der Waals surface area (Å²) in [5.74, 6) is 0.489. The van der Waals surface area contributed by atoms with Gasteiger partial charge in [0.2, 0.25) is 0 Å². The highest BCUT2D eigenvalue weighted by Crippen LogP contribution is 2.38. The van der Waals surface area contributed by atoms with E-state index < -0.39 is 23.6 Å². The number of carbonyl (C=O) groups excluding carboxylic acids is 1. The Kier molecular flexibility index (Phi) is 4.38. The molecular weight excluding hydrogens is 319 g/mol. The van der Waals surface area contributed by atoms with Crippen molar-refractivity contribution in [3.05, 3.63) is 11.3 Å². The lowest BCUT2D eigenvalue weighted by Crippen LogP contribution is -2.37. The van der Waals surface area contributed by atoms with E-state index in [-0.39, 0.29) is 12.1 Å². The fourth-order valence-corrected chi connectivity index (χ4v) is 3.18. The summed E-state index contributed by atoms with van der Waals surface area (Å²) < 4.78 is 45.8. The van der Waals surface area contributed by atoms with Crippen molar-refractivity contribution in [1.29, 1.82) is 0 Å². The molecule has 2 heterocycles. The Balaban J connectivity index is 2.31. The fraction of sp³-hybridized carbons (Fsp3) is 0.692. The van der Waals surface area contributed by atoms with Crippen molar-refractivity contribution in [3.63, 3.8) is 0 Å². The molecule has 124 valence electrons. The van der Waals surface area contributed by atoms with Crippen LogP contribution >= 0.6 is 11.8 Å². The Bertz CT molecular complexity index is 578. The quantitative estimate of drug-likeness (QED) is 0.729. The predicted molar refractivity (Wildman–Crippen MR) is 75.6 cm³/mol. The van der Waals surface area contributed by atoms with Gasteiger partial charge >= 0.3 is 12.3 Å². The third kappa shape index (κ3) is 3.68. The molecule has 5 nitrogen and oxygen atoms in total. The summed E-state index contributed by atoms with van der Waals surface area (Å²) in [6.45, 7) is 5.32. The molecule has 0 radical (unpaired) electrons. The molecule has 0 saturated carbocycles. The topological polar surface area (TPSA) is 47.4 Å². The lowest BCUT2D eigenvalue weighted by atomic mass is 10.2. The van der Waals surface area contributed by atoms with Crippen LogP contribution in [0.15, 0.2) is 5.03 Å². The van der Waals surface area contributed by atoms with E-state index in [0.717, 1.165) is 0 Å². The van der Waals surface area contributed by atoms with Crippen LogP contribution in [0.1, 0.15) is 32.0 Å². The van der Waals surface area contributed by atoms with Gasteiger partial charge in [-0.2, -0.15) is 18.3 Å². The molecule has 0 spiro atoms. The molecule has 0 fully saturated rings. The zero-order valence-corrected chi connectivity index (χ0v) is 13.6. The van der Waals surface area contributed by atoms with Crippen molar-refractivity contribution in [2.45, 2.75) is 44.1 Å². The highest BCUT2D eigenvalue weighted by atomic mass is 32.2. The van der Waals surface area contributed by atoms with Gasteiger partial charge in [0.1, 0.15) is 5.60 Å². The van der Waals surface area contributed by atoms with E-state index >= 15 is 0 Å². The summed E-state index contributed by atoms with van der Waals surface area (Å²) in [6, 6.07) is 0. The maximum Gasteiger partial charge on any atom is 0.435 e. The smallest absolute Gasteiger partial charge is 0.435 e. The van der Waals surface area contributed by atoms with Crippen LogP contribution in [0.4, 0.5) is 18.0 Å². The number of ether oxygens (including phenoxy) is 1. The number of carbonyl (C=O) groups is 1. The number of rotatable bonds is 0. The van der Waals surface area contributed by atoms with Crippen LogP contribution in [0, 0.1) is 0 Å². The molecule has 0 bridgehead atoms. The number of amides is 1. The van der Waals surface area contributed by atoms with Crippen LogP contribution in [0.5, 0.6) is 0 Å². The first-order chi connectivity index (χ1) is 9.99. The Morgan fingerprint density at radius 1 is 1.32 bits per heavy atom. The number of halogens is 3. The minimum Gasteiger partial charge on any atom is -0.444 e. The van der Waals surface area contributed by atoms with E-state index in [2.05, 4.69) is 5.10 Å². The molecule has 0 aliphatic carbocycles. The van der Waals surface area contributed by atoms with Gasteiger partial charge in [0, 0.05) is 24.9 Å². The molecule has 0 saturated heterocycles.